The third kappa shape index (κ3) is 14.4. The first-order valence-corrected chi connectivity index (χ1v) is 12.3. The maximum atomic E-state index is 11.8. The Morgan fingerprint density at radius 1 is 0.769 bits per heavy atom. The zero-order valence-corrected chi connectivity index (χ0v) is 19.7. The van der Waals surface area contributed by atoms with E-state index in [2.05, 4.69) is 0 Å². The molecular weight excluding hydrogens is 389 g/mol. The molecule has 0 spiro atoms. The van der Waals surface area contributed by atoms with Crippen LogP contribution in [0.3, 0.4) is 0 Å². The van der Waals surface area contributed by atoms with Crippen LogP contribution in [0.4, 0.5) is 0 Å². The predicted molar refractivity (Wildman–Crippen MR) is 115 cm³/mol. The highest BCUT2D eigenvalue weighted by atomic mass is 32.2. The summed E-state index contributed by atoms with van der Waals surface area (Å²) in [7, 11) is -1.33. The number of carbonyl (C=O) groups is 2. The summed E-state index contributed by atoms with van der Waals surface area (Å²) in [4.78, 5) is 23.5. The molecule has 2 N–H and O–H groups in total. The molecule has 0 aromatic rings. The summed E-state index contributed by atoms with van der Waals surface area (Å²) >= 11 is 2.78. The number of hydrogen-bond donors (Lipinski definition) is 1. The van der Waals surface area contributed by atoms with Gasteiger partial charge in [0.15, 0.2) is 10.2 Å². The summed E-state index contributed by atoms with van der Waals surface area (Å²) in [6, 6.07) is 0. The van der Waals surface area contributed by atoms with Gasteiger partial charge in [0.1, 0.15) is 0 Å². The molecule has 0 heterocycles. The topological polar surface area (TPSA) is 78.6 Å². The number of thioether (sulfide) groups is 2. The molecule has 0 atom stereocenters. The third-order valence-corrected chi connectivity index (χ3v) is 6.81. The fourth-order valence-electron chi connectivity index (χ4n) is 1.52. The Balaban J connectivity index is 3.49. The normalized spacial score (nSPS) is 12.6. The van der Waals surface area contributed by atoms with Crippen molar-refractivity contribution >= 4 is 42.3 Å². The Kier molecular flexibility index (Phi) is 13.7. The van der Waals surface area contributed by atoms with Crippen molar-refractivity contribution in [1.29, 1.82) is 0 Å². The van der Waals surface area contributed by atoms with Crippen molar-refractivity contribution in [3.63, 3.8) is 0 Å². The number of unbranched alkanes of at least 4 members (excludes halogenated alkanes) is 2. The standard InChI is InChI=1S/C18H36NO4PS2/c1-17(2,3)15(20)25-13-9-7-11-22-24(19)23-12-8-10-14-26-16(21)18(4,5)6/h7-14,19H2,1-6H3. The summed E-state index contributed by atoms with van der Waals surface area (Å²) in [5.74, 6) is 1.63. The molecule has 0 amide bonds. The lowest BCUT2D eigenvalue weighted by Crippen LogP contribution is -2.16. The van der Waals surface area contributed by atoms with Gasteiger partial charge in [-0.05, 0) is 25.7 Å². The molecule has 0 saturated carbocycles. The first-order chi connectivity index (χ1) is 11.9. The molecule has 0 radical (unpaired) electrons. The van der Waals surface area contributed by atoms with E-state index < -0.39 is 8.53 Å². The van der Waals surface area contributed by atoms with Crippen LogP contribution in [0.25, 0.3) is 0 Å². The van der Waals surface area contributed by atoms with Crippen molar-refractivity contribution in [2.24, 2.45) is 16.3 Å². The average Bonchev–Trinajstić information content (AvgIpc) is 2.51. The van der Waals surface area contributed by atoms with Gasteiger partial charge in [-0.3, -0.25) is 15.1 Å². The van der Waals surface area contributed by atoms with Crippen LogP contribution >= 0.6 is 32.0 Å². The van der Waals surface area contributed by atoms with Gasteiger partial charge in [0.05, 0.1) is 13.2 Å². The van der Waals surface area contributed by atoms with E-state index in [1.54, 1.807) is 0 Å². The van der Waals surface area contributed by atoms with E-state index in [0.717, 1.165) is 37.2 Å². The Labute approximate surface area is 169 Å². The molecule has 0 saturated heterocycles. The largest absolute Gasteiger partial charge is 0.322 e. The zero-order valence-electron chi connectivity index (χ0n) is 17.1. The van der Waals surface area contributed by atoms with Crippen LogP contribution in [0.5, 0.6) is 0 Å². The number of hydrogen-bond acceptors (Lipinski definition) is 7. The summed E-state index contributed by atoms with van der Waals surface area (Å²) in [6.45, 7) is 12.7. The SMILES string of the molecule is CC(C)(C)C(=O)SCCCCOP(N)OCCCCSC(=O)C(C)(C)C. The number of nitrogens with two attached hydrogens (primary N) is 1. The fraction of sp³-hybridized carbons (Fsp3) is 0.889. The van der Waals surface area contributed by atoms with Crippen LogP contribution in [0.2, 0.25) is 0 Å². The van der Waals surface area contributed by atoms with Crippen molar-refractivity contribution in [3.8, 4) is 0 Å². The molecule has 0 bridgehead atoms. The predicted octanol–water partition coefficient (Wildman–Crippen LogP) is 5.38. The van der Waals surface area contributed by atoms with E-state index >= 15 is 0 Å². The first-order valence-electron chi connectivity index (χ1n) is 9.09. The molecular formula is C18H36NO4PS2. The molecule has 0 aromatic heterocycles. The van der Waals surface area contributed by atoms with Gasteiger partial charge in [0.25, 0.3) is 8.53 Å². The van der Waals surface area contributed by atoms with Gasteiger partial charge in [0.2, 0.25) is 0 Å². The minimum atomic E-state index is -1.33. The molecule has 0 aliphatic rings. The molecule has 0 aliphatic heterocycles. The Morgan fingerprint density at radius 3 is 1.42 bits per heavy atom. The van der Waals surface area contributed by atoms with Crippen LogP contribution < -0.4 is 5.50 Å². The van der Waals surface area contributed by atoms with Gasteiger partial charge in [-0.25, -0.2) is 0 Å². The molecule has 0 aliphatic carbocycles. The lowest BCUT2D eigenvalue weighted by atomic mass is 9.99. The highest BCUT2D eigenvalue weighted by Gasteiger charge is 2.21. The second kappa shape index (κ2) is 13.5. The molecule has 5 nitrogen and oxygen atoms in total. The molecule has 0 rings (SSSR count). The number of rotatable bonds is 12. The molecule has 8 heteroatoms. The Morgan fingerprint density at radius 2 is 1.12 bits per heavy atom. The highest BCUT2D eigenvalue weighted by molar-refractivity contribution is 8.14. The van der Waals surface area contributed by atoms with Crippen molar-refractivity contribution < 1.29 is 18.6 Å². The second-order valence-corrected chi connectivity index (χ2v) is 11.4. The van der Waals surface area contributed by atoms with Gasteiger partial charge >= 0.3 is 0 Å². The average molecular weight is 426 g/mol. The van der Waals surface area contributed by atoms with Crippen LogP contribution in [0.15, 0.2) is 0 Å². The van der Waals surface area contributed by atoms with E-state index in [1.807, 2.05) is 41.5 Å². The summed E-state index contributed by atoms with van der Waals surface area (Å²) in [6.07, 6.45) is 3.59. The van der Waals surface area contributed by atoms with Crippen LogP contribution in [-0.2, 0) is 18.6 Å². The van der Waals surface area contributed by atoms with Crippen molar-refractivity contribution in [2.45, 2.75) is 67.2 Å². The quantitative estimate of drug-likeness (QED) is 0.332. The molecule has 0 fully saturated rings. The zero-order chi connectivity index (χ0) is 20.2. The summed E-state index contributed by atoms with van der Waals surface area (Å²) < 4.78 is 10.9. The van der Waals surface area contributed by atoms with E-state index in [4.69, 9.17) is 14.6 Å². The van der Waals surface area contributed by atoms with Crippen molar-refractivity contribution in [2.75, 3.05) is 24.7 Å². The van der Waals surface area contributed by atoms with E-state index in [-0.39, 0.29) is 21.1 Å². The molecule has 26 heavy (non-hydrogen) atoms. The molecule has 0 aromatic carbocycles. The monoisotopic (exact) mass is 425 g/mol. The minimum Gasteiger partial charge on any atom is -0.322 e. The second-order valence-electron chi connectivity index (χ2n) is 8.14. The van der Waals surface area contributed by atoms with Gasteiger partial charge in [-0.15, -0.1) is 0 Å². The number of carbonyl (C=O) groups excluding carboxylic acids is 2. The van der Waals surface area contributed by atoms with Crippen molar-refractivity contribution in [3.05, 3.63) is 0 Å². The van der Waals surface area contributed by atoms with Gasteiger partial charge in [0, 0.05) is 22.3 Å². The van der Waals surface area contributed by atoms with Crippen LogP contribution in [-0.4, -0.2) is 35.0 Å². The summed E-state index contributed by atoms with van der Waals surface area (Å²) in [5, 5.41) is 0.454. The van der Waals surface area contributed by atoms with Crippen LogP contribution in [0.1, 0.15) is 67.2 Å². The van der Waals surface area contributed by atoms with Gasteiger partial charge in [-0.1, -0.05) is 65.1 Å². The maximum Gasteiger partial charge on any atom is 0.252 e. The van der Waals surface area contributed by atoms with E-state index in [0.29, 0.717) is 13.2 Å². The Bertz CT molecular complexity index is 384. The fourth-order valence-corrected chi connectivity index (χ4v) is 4.14. The van der Waals surface area contributed by atoms with E-state index in [9.17, 15) is 9.59 Å². The highest BCUT2D eigenvalue weighted by Crippen LogP contribution is 2.30. The van der Waals surface area contributed by atoms with Crippen LogP contribution in [0, 0.1) is 10.8 Å². The molecule has 0 unspecified atom stereocenters. The third-order valence-electron chi connectivity index (χ3n) is 3.21. The van der Waals surface area contributed by atoms with Crippen molar-refractivity contribution in [1.82, 2.24) is 0 Å². The van der Waals surface area contributed by atoms with E-state index in [1.165, 1.54) is 23.5 Å². The van der Waals surface area contributed by atoms with Gasteiger partial charge in [-0.2, -0.15) is 0 Å². The molecule has 154 valence electrons. The minimum absolute atomic E-state index is 0.227. The Hall–Kier alpha value is 0.350. The maximum absolute atomic E-state index is 11.8. The lowest BCUT2D eigenvalue weighted by Gasteiger charge is -2.16. The summed E-state index contributed by atoms with van der Waals surface area (Å²) in [5.41, 5.74) is 5.26. The lowest BCUT2D eigenvalue weighted by molar-refractivity contribution is -0.118. The smallest absolute Gasteiger partial charge is 0.252 e. The first kappa shape index (κ1) is 26.4. The van der Waals surface area contributed by atoms with Gasteiger partial charge < -0.3 is 9.05 Å².